The molecule has 0 heterocycles. The van der Waals surface area contributed by atoms with Gasteiger partial charge in [-0.3, -0.25) is 0 Å². The van der Waals surface area contributed by atoms with Gasteiger partial charge in [0.2, 0.25) is 0 Å². The van der Waals surface area contributed by atoms with Gasteiger partial charge < -0.3 is 15.2 Å². The zero-order valence-corrected chi connectivity index (χ0v) is 14.4. The topological polar surface area (TPSA) is 41.5 Å². The number of anilines is 1. The molecule has 0 fully saturated rings. The maximum Gasteiger partial charge on any atom is 0.0945 e. The molecule has 3 nitrogen and oxygen atoms in total. The van der Waals surface area contributed by atoms with E-state index in [1.165, 1.54) is 0 Å². The van der Waals surface area contributed by atoms with Gasteiger partial charge in [-0.15, -0.1) is 0 Å². The third-order valence-electron chi connectivity index (χ3n) is 2.86. The second kappa shape index (κ2) is 9.61. The SMILES string of the molecule is CC(C)CCCOCC(O)CNc1cccc(Cl)c1Br. The van der Waals surface area contributed by atoms with E-state index >= 15 is 0 Å². The Labute approximate surface area is 134 Å². The predicted molar refractivity (Wildman–Crippen MR) is 88.5 cm³/mol. The molecule has 0 bridgehead atoms. The number of nitrogens with one attached hydrogen (secondary N) is 1. The van der Waals surface area contributed by atoms with E-state index < -0.39 is 6.10 Å². The van der Waals surface area contributed by atoms with Crippen LogP contribution in [-0.2, 0) is 4.74 Å². The Bertz CT molecular complexity index is 401. The van der Waals surface area contributed by atoms with E-state index in [1.807, 2.05) is 18.2 Å². The van der Waals surface area contributed by atoms with Gasteiger partial charge in [0.15, 0.2) is 0 Å². The van der Waals surface area contributed by atoms with Crippen LogP contribution in [0.2, 0.25) is 5.02 Å². The summed E-state index contributed by atoms with van der Waals surface area (Å²) in [5, 5.41) is 13.6. The summed E-state index contributed by atoms with van der Waals surface area (Å²) in [6.07, 6.45) is 1.67. The van der Waals surface area contributed by atoms with E-state index in [9.17, 15) is 5.11 Å². The molecule has 0 amide bonds. The first kappa shape index (κ1) is 17.8. The number of hydrogen-bond donors (Lipinski definition) is 2. The van der Waals surface area contributed by atoms with Gasteiger partial charge in [0, 0.05) is 13.2 Å². The maximum absolute atomic E-state index is 9.84. The van der Waals surface area contributed by atoms with Crippen LogP contribution in [0.3, 0.4) is 0 Å². The van der Waals surface area contributed by atoms with Crippen molar-refractivity contribution >= 4 is 33.2 Å². The number of aliphatic hydroxyl groups is 1. The summed E-state index contributed by atoms with van der Waals surface area (Å²) < 4.78 is 6.27. The van der Waals surface area contributed by atoms with Gasteiger partial charge >= 0.3 is 0 Å². The van der Waals surface area contributed by atoms with E-state index in [4.69, 9.17) is 16.3 Å². The molecule has 0 aliphatic heterocycles. The van der Waals surface area contributed by atoms with Crippen molar-refractivity contribution in [1.29, 1.82) is 0 Å². The first-order valence-electron chi connectivity index (χ1n) is 6.94. The first-order chi connectivity index (χ1) is 9.50. The number of aliphatic hydroxyl groups excluding tert-OH is 1. The molecule has 0 aromatic heterocycles. The summed E-state index contributed by atoms with van der Waals surface area (Å²) in [7, 11) is 0. The highest BCUT2D eigenvalue weighted by molar-refractivity contribution is 9.10. The lowest BCUT2D eigenvalue weighted by atomic mass is 10.1. The molecule has 1 rings (SSSR count). The number of hydrogen-bond acceptors (Lipinski definition) is 3. The number of halogens is 2. The second-order valence-corrected chi connectivity index (χ2v) is 6.45. The van der Waals surface area contributed by atoms with Crippen molar-refractivity contribution < 1.29 is 9.84 Å². The molecular formula is C15H23BrClNO2. The van der Waals surface area contributed by atoms with Crippen molar-refractivity contribution in [3.8, 4) is 0 Å². The molecule has 0 radical (unpaired) electrons. The third-order valence-corrected chi connectivity index (χ3v) is 4.26. The van der Waals surface area contributed by atoms with E-state index in [1.54, 1.807) is 0 Å². The fourth-order valence-electron chi connectivity index (χ4n) is 1.74. The molecular weight excluding hydrogens is 342 g/mol. The van der Waals surface area contributed by atoms with E-state index in [0.717, 1.165) is 23.0 Å². The lowest BCUT2D eigenvalue weighted by Gasteiger charge is -2.15. The van der Waals surface area contributed by atoms with Crippen molar-refractivity contribution in [2.75, 3.05) is 25.1 Å². The molecule has 1 aromatic rings. The molecule has 0 aliphatic rings. The molecule has 1 aromatic carbocycles. The van der Waals surface area contributed by atoms with Gasteiger partial charge in [-0.25, -0.2) is 0 Å². The minimum absolute atomic E-state index is 0.350. The van der Waals surface area contributed by atoms with Crippen LogP contribution in [-0.4, -0.2) is 31.0 Å². The van der Waals surface area contributed by atoms with E-state index in [0.29, 0.717) is 30.7 Å². The summed E-state index contributed by atoms with van der Waals surface area (Å²) in [6, 6.07) is 5.58. The van der Waals surface area contributed by atoms with Gasteiger partial charge in [-0.2, -0.15) is 0 Å². The zero-order chi connectivity index (χ0) is 15.0. The molecule has 20 heavy (non-hydrogen) atoms. The maximum atomic E-state index is 9.84. The van der Waals surface area contributed by atoms with Gasteiger partial charge in [-0.1, -0.05) is 31.5 Å². The minimum Gasteiger partial charge on any atom is -0.389 e. The smallest absolute Gasteiger partial charge is 0.0945 e. The lowest BCUT2D eigenvalue weighted by molar-refractivity contribution is 0.0409. The van der Waals surface area contributed by atoms with Crippen LogP contribution >= 0.6 is 27.5 Å². The molecule has 2 N–H and O–H groups in total. The molecule has 114 valence electrons. The molecule has 0 saturated heterocycles. The van der Waals surface area contributed by atoms with Crippen molar-refractivity contribution in [2.45, 2.75) is 32.8 Å². The fourth-order valence-corrected chi connectivity index (χ4v) is 2.32. The Kier molecular flexibility index (Phi) is 8.53. The van der Waals surface area contributed by atoms with Gasteiger partial charge in [0.1, 0.15) is 0 Å². The van der Waals surface area contributed by atoms with Crippen molar-refractivity contribution in [2.24, 2.45) is 5.92 Å². The summed E-state index contributed by atoms with van der Waals surface area (Å²) in [5.74, 6) is 0.699. The van der Waals surface area contributed by atoms with Crippen molar-refractivity contribution in [3.63, 3.8) is 0 Å². The van der Waals surface area contributed by atoms with Crippen LogP contribution < -0.4 is 5.32 Å². The molecule has 1 atom stereocenters. The Morgan fingerprint density at radius 3 is 2.85 bits per heavy atom. The van der Waals surface area contributed by atoms with Gasteiger partial charge in [-0.05, 0) is 46.8 Å². The Balaban J connectivity index is 2.19. The van der Waals surface area contributed by atoms with Crippen LogP contribution in [0, 0.1) is 5.92 Å². The highest BCUT2D eigenvalue weighted by atomic mass is 79.9. The number of ether oxygens (including phenoxy) is 1. The monoisotopic (exact) mass is 363 g/mol. The summed E-state index contributed by atoms with van der Waals surface area (Å²) >= 11 is 9.41. The number of benzene rings is 1. The quantitative estimate of drug-likeness (QED) is 0.641. The molecule has 0 saturated carbocycles. The summed E-state index contributed by atoms with van der Waals surface area (Å²) in [5.41, 5.74) is 0.872. The average molecular weight is 365 g/mol. The minimum atomic E-state index is -0.528. The largest absolute Gasteiger partial charge is 0.389 e. The summed E-state index contributed by atoms with van der Waals surface area (Å²) in [6.45, 7) is 5.88. The van der Waals surface area contributed by atoms with Crippen LogP contribution in [0.15, 0.2) is 22.7 Å². The highest BCUT2D eigenvalue weighted by Gasteiger charge is 2.07. The predicted octanol–water partition coefficient (Wildman–Crippen LogP) is 4.33. The molecule has 0 spiro atoms. The normalized spacial score (nSPS) is 12.7. The lowest BCUT2D eigenvalue weighted by Crippen LogP contribution is -2.25. The third kappa shape index (κ3) is 6.93. The van der Waals surface area contributed by atoms with Crippen LogP contribution in [0.25, 0.3) is 0 Å². The van der Waals surface area contributed by atoms with E-state index in [2.05, 4.69) is 35.1 Å². The Hall–Kier alpha value is -0.290. The van der Waals surface area contributed by atoms with Crippen molar-refractivity contribution in [3.05, 3.63) is 27.7 Å². The molecule has 5 heteroatoms. The van der Waals surface area contributed by atoms with Crippen molar-refractivity contribution in [1.82, 2.24) is 0 Å². The molecule has 0 aliphatic carbocycles. The standard InChI is InChI=1S/C15H23BrClNO2/c1-11(2)5-4-8-20-10-12(19)9-18-14-7-3-6-13(17)15(14)16/h3,6-7,11-12,18-19H,4-5,8-10H2,1-2H3. The highest BCUT2D eigenvalue weighted by Crippen LogP contribution is 2.29. The van der Waals surface area contributed by atoms with Gasteiger partial charge in [0.05, 0.1) is 27.9 Å². The Morgan fingerprint density at radius 2 is 2.15 bits per heavy atom. The van der Waals surface area contributed by atoms with Crippen LogP contribution in [0.1, 0.15) is 26.7 Å². The summed E-state index contributed by atoms with van der Waals surface area (Å²) in [4.78, 5) is 0. The second-order valence-electron chi connectivity index (χ2n) is 5.25. The Morgan fingerprint density at radius 1 is 1.40 bits per heavy atom. The van der Waals surface area contributed by atoms with E-state index in [-0.39, 0.29) is 0 Å². The number of rotatable bonds is 9. The first-order valence-corrected chi connectivity index (χ1v) is 8.11. The molecule has 1 unspecified atom stereocenters. The zero-order valence-electron chi connectivity index (χ0n) is 12.0. The fraction of sp³-hybridized carbons (Fsp3) is 0.600. The van der Waals surface area contributed by atoms with Crippen LogP contribution in [0.4, 0.5) is 5.69 Å². The average Bonchev–Trinajstić information content (AvgIpc) is 2.39. The van der Waals surface area contributed by atoms with Gasteiger partial charge in [0.25, 0.3) is 0 Å². The van der Waals surface area contributed by atoms with Crippen LogP contribution in [0.5, 0.6) is 0 Å².